The fourth-order valence-corrected chi connectivity index (χ4v) is 2.08. The molecule has 0 aromatic rings. The van der Waals surface area contributed by atoms with Crippen LogP contribution in [-0.2, 0) is 9.53 Å². The van der Waals surface area contributed by atoms with Crippen molar-refractivity contribution in [2.45, 2.75) is 51.6 Å². The zero-order chi connectivity index (χ0) is 10.4. The molecule has 1 rings (SSSR count). The molecule has 2 nitrogen and oxygen atoms in total. The molecular formula is C11H17BrO2. The van der Waals surface area contributed by atoms with Gasteiger partial charge in [-0.25, -0.2) is 4.79 Å². The van der Waals surface area contributed by atoms with Gasteiger partial charge in [-0.05, 0) is 12.8 Å². The summed E-state index contributed by atoms with van der Waals surface area (Å²) in [5.74, 6) is -0.213. The monoisotopic (exact) mass is 260 g/mol. The van der Waals surface area contributed by atoms with Crippen molar-refractivity contribution in [2.24, 2.45) is 0 Å². The topological polar surface area (TPSA) is 26.3 Å². The normalized spacial score (nSPS) is 20.9. The van der Waals surface area contributed by atoms with Crippen LogP contribution in [0.15, 0.2) is 10.6 Å². The molecule has 0 aliphatic carbocycles. The lowest BCUT2D eigenvalue weighted by Crippen LogP contribution is -2.09. The summed E-state index contributed by atoms with van der Waals surface area (Å²) in [5, 5.41) is 0. The first-order valence-corrected chi connectivity index (χ1v) is 6.11. The van der Waals surface area contributed by atoms with Gasteiger partial charge < -0.3 is 4.74 Å². The van der Waals surface area contributed by atoms with Gasteiger partial charge in [0, 0.05) is 10.6 Å². The molecule has 0 spiro atoms. The van der Waals surface area contributed by atoms with Crippen LogP contribution in [-0.4, -0.2) is 12.1 Å². The van der Waals surface area contributed by atoms with Crippen LogP contribution in [0.25, 0.3) is 0 Å². The van der Waals surface area contributed by atoms with Crippen LogP contribution in [0.1, 0.15) is 45.4 Å². The lowest BCUT2D eigenvalue weighted by atomic mass is 10.1. The molecule has 1 heterocycles. The maximum atomic E-state index is 10.9. The second-order valence-electron chi connectivity index (χ2n) is 3.66. The number of hydrogen-bond acceptors (Lipinski definition) is 2. The highest BCUT2D eigenvalue weighted by atomic mass is 79.9. The summed E-state index contributed by atoms with van der Waals surface area (Å²) in [6.07, 6.45) is 8.71. The van der Waals surface area contributed by atoms with Crippen molar-refractivity contribution in [3.05, 3.63) is 10.6 Å². The van der Waals surface area contributed by atoms with Gasteiger partial charge in [-0.1, -0.05) is 48.5 Å². The van der Waals surface area contributed by atoms with E-state index in [1.807, 2.05) is 0 Å². The molecule has 1 unspecified atom stereocenters. The van der Waals surface area contributed by atoms with Crippen molar-refractivity contribution in [3.8, 4) is 0 Å². The predicted molar refractivity (Wildman–Crippen MR) is 60.3 cm³/mol. The number of esters is 1. The number of rotatable bonds is 6. The van der Waals surface area contributed by atoms with E-state index in [0.717, 1.165) is 17.3 Å². The first kappa shape index (κ1) is 11.8. The van der Waals surface area contributed by atoms with Gasteiger partial charge in [-0.15, -0.1) is 0 Å². The zero-order valence-electron chi connectivity index (χ0n) is 8.59. The van der Waals surface area contributed by atoms with E-state index in [-0.39, 0.29) is 12.1 Å². The summed E-state index contributed by atoms with van der Waals surface area (Å²) in [4.78, 5) is 10.9. The molecule has 80 valence electrons. The molecule has 0 amide bonds. The van der Waals surface area contributed by atoms with Gasteiger partial charge in [0.2, 0.25) is 0 Å². The molecule has 14 heavy (non-hydrogen) atoms. The van der Waals surface area contributed by atoms with Crippen LogP contribution in [0.3, 0.4) is 0 Å². The van der Waals surface area contributed by atoms with Crippen LogP contribution in [0.4, 0.5) is 0 Å². The molecule has 0 saturated carbocycles. The molecule has 0 radical (unpaired) electrons. The third kappa shape index (κ3) is 3.82. The highest BCUT2D eigenvalue weighted by Crippen LogP contribution is 2.25. The molecule has 0 fully saturated rings. The van der Waals surface area contributed by atoms with Crippen molar-refractivity contribution in [3.63, 3.8) is 0 Å². The number of carbonyl (C=O) groups is 1. The van der Waals surface area contributed by atoms with Crippen molar-refractivity contribution >= 4 is 21.9 Å². The van der Waals surface area contributed by atoms with Gasteiger partial charge >= 0.3 is 5.97 Å². The van der Waals surface area contributed by atoms with Crippen LogP contribution in [0.2, 0.25) is 0 Å². The van der Waals surface area contributed by atoms with Crippen molar-refractivity contribution < 1.29 is 9.53 Å². The Balaban J connectivity index is 2.08. The summed E-state index contributed by atoms with van der Waals surface area (Å²) in [5.41, 5.74) is 0. The Kier molecular flexibility index (Phi) is 5.23. The summed E-state index contributed by atoms with van der Waals surface area (Å²) < 4.78 is 6.00. The quantitative estimate of drug-likeness (QED) is 0.540. The van der Waals surface area contributed by atoms with Crippen molar-refractivity contribution in [2.75, 3.05) is 0 Å². The molecule has 3 heteroatoms. The lowest BCUT2D eigenvalue weighted by Gasteiger charge is -2.09. The molecule has 0 aromatic heterocycles. The maximum absolute atomic E-state index is 10.9. The largest absolute Gasteiger partial charge is 0.454 e. The van der Waals surface area contributed by atoms with Gasteiger partial charge in [-0.2, -0.15) is 0 Å². The van der Waals surface area contributed by atoms with Gasteiger partial charge in [-0.3, -0.25) is 0 Å². The number of halogens is 1. The van der Waals surface area contributed by atoms with Gasteiger partial charge in [0.15, 0.2) is 0 Å². The van der Waals surface area contributed by atoms with E-state index in [4.69, 9.17) is 4.74 Å². The van der Waals surface area contributed by atoms with E-state index in [0.29, 0.717) is 0 Å². The molecular weight excluding hydrogens is 244 g/mol. The Labute approximate surface area is 93.8 Å². The minimum atomic E-state index is -0.213. The summed E-state index contributed by atoms with van der Waals surface area (Å²) in [6, 6.07) is 0. The zero-order valence-corrected chi connectivity index (χ0v) is 10.2. The Hall–Kier alpha value is -0.310. The van der Waals surface area contributed by atoms with Gasteiger partial charge in [0.25, 0.3) is 0 Å². The second-order valence-corrected chi connectivity index (χ2v) is 4.57. The minimum absolute atomic E-state index is 0.0101. The standard InChI is InChI=1S/C11H17BrO2/c1-2-3-4-5-6-7-10-9(12)8-11(13)14-10/h8,10H,2-7H2,1H3. The summed E-state index contributed by atoms with van der Waals surface area (Å²) >= 11 is 3.34. The molecule has 0 N–H and O–H groups in total. The Morgan fingerprint density at radius 2 is 2.07 bits per heavy atom. The smallest absolute Gasteiger partial charge is 0.332 e. The van der Waals surface area contributed by atoms with Crippen molar-refractivity contribution in [1.29, 1.82) is 0 Å². The highest BCUT2D eigenvalue weighted by molar-refractivity contribution is 9.11. The first-order chi connectivity index (χ1) is 6.74. The highest BCUT2D eigenvalue weighted by Gasteiger charge is 2.23. The van der Waals surface area contributed by atoms with E-state index < -0.39 is 0 Å². The van der Waals surface area contributed by atoms with Crippen LogP contribution in [0, 0.1) is 0 Å². The molecule has 0 saturated heterocycles. The van der Waals surface area contributed by atoms with Gasteiger partial charge in [0.1, 0.15) is 6.10 Å². The second kappa shape index (κ2) is 6.23. The summed E-state index contributed by atoms with van der Waals surface area (Å²) in [7, 11) is 0. The fraction of sp³-hybridized carbons (Fsp3) is 0.727. The number of carbonyl (C=O) groups excluding carboxylic acids is 1. The van der Waals surface area contributed by atoms with E-state index in [2.05, 4.69) is 22.9 Å². The Bertz CT molecular complexity index is 223. The van der Waals surface area contributed by atoms with Crippen LogP contribution < -0.4 is 0 Å². The SMILES string of the molecule is CCCCCCCC1OC(=O)C=C1Br. The number of hydrogen-bond donors (Lipinski definition) is 0. The number of cyclic esters (lactones) is 1. The molecule has 0 bridgehead atoms. The third-order valence-corrected chi connectivity index (χ3v) is 3.13. The Morgan fingerprint density at radius 3 is 2.64 bits per heavy atom. The van der Waals surface area contributed by atoms with Gasteiger partial charge in [0.05, 0.1) is 0 Å². The Morgan fingerprint density at radius 1 is 1.36 bits per heavy atom. The lowest BCUT2D eigenvalue weighted by molar-refractivity contribution is -0.138. The molecule has 1 aliphatic rings. The minimum Gasteiger partial charge on any atom is -0.454 e. The number of ether oxygens (including phenoxy) is 1. The third-order valence-electron chi connectivity index (χ3n) is 2.39. The summed E-state index contributed by atoms with van der Waals surface area (Å²) in [6.45, 7) is 2.21. The molecule has 1 atom stereocenters. The molecule has 0 aromatic carbocycles. The van der Waals surface area contributed by atoms with E-state index in [1.54, 1.807) is 0 Å². The van der Waals surface area contributed by atoms with E-state index in [1.165, 1.54) is 31.8 Å². The number of unbranched alkanes of at least 4 members (excludes halogenated alkanes) is 4. The van der Waals surface area contributed by atoms with E-state index in [9.17, 15) is 4.79 Å². The van der Waals surface area contributed by atoms with E-state index >= 15 is 0 Å². The first-order valence-electron chi connectivity index (χ1n) is 5.31. The fourth-order valence-electron chi connectivity index (χ4n) is 1.57. The average Bonchev–Trinajstić information content (AvgIpc) is 2.45. The predicted octanol–water partition coefficient (Wildman–Crippen LogP) is 3.55. The van der Waals surface area contributed by atoms with Crippen molar-refractivity contribution in [1.82, 2.24) is 0 Å². The molecule has 1 aliphatic heterocycles. The average molecular weight is 261 g/mol. The van der Waals surface area contributed by atoms with Crippen LogP contribution in [0.5, 0.6) is 0 Å². The maximum Gasteiger partial charge on any atom is 0.332 e. The van der Waals surface area contributed by atoms with Crippen LogP contribution >= 0.6 is 15.9 Å².